The molecule has 0 spiro atoms. The zero-order chi connectivity index (χ0) is 13.8. The summed E-state index contributed by atoms with van der Waals surface area (Å²) in [6.45, 7) is 3.26. The van der Waals surface area contributed by atoms with Crippen LogP contribution in [0.5, 0.6) is 6.01 Å². The first-order valence-corrected chi connectivity index (χ1v) is 7.22. The lowest BCUT2D eigenvalue weighted by Crippen LogP contribution is -2.47. The van der Waals surface area contributed by atoms with E-state index < -0.39 is 0 Å². The van der Waals surface area contributed by atoms with E-state index in [9.17, 15) is 0 Å². The smallest absolute Gasteiger partial charge is 0.336 e. The van der Waals surface area contributed by atoms with E-state index in [-0.39, 0.29) is 6.10 Å². The Morgan fingerprint density at radius 1 is 1.30 bits per heavy atom. The Bertz CT molecular complexity index is 534. The molecular weight excluding hydrogens is 252 g/mol. The molecule has 1 aromatic carbocycles. The van der Waals surface area contributed by atoms with Crippen LogP contribution in [0.1, 0.15) is 26.2 Å². The third-order valence-electron chi connectivity index (χ3n) is 3.54. The van der Waals surface area contributed by atoms with E-state index in [1.165, 1.54) is 6.42 Å². The molecule has 1 saturated carbocycles. The minimum absolute atomic E-state index is 0.246. The lowest BCUT2D eigenvalue weighted by molar-refractivity contribution is 0.0760. The van der Waals surface area contributed by atoms with E-state index in [1.807, 2.05) is 30.3 Å². The maximum absolute atomic E-state index is 5.78. The van der Waals surface area contributed by atoms with Crippen molar-refractivity contribution in [3.05, 3.63) is 36.7 Å². The van der Waals surface area contributed by atoms with Crippen LogP contribution in [0.2, 0.25) is 0 Å². The molecular formula is C15H20N4O. The quantitative estimate of drug-likeness (QED) is 0.875. The maximum atomic E-state index is 5.78. The summed E-state index contributed by atoms with van der Waals surface area (Å²) in [5.41, 5.74) is 0.992. The third kappa shape index (κ3) is 2.99. The van der Waals surface area contributed by atoms with Gasteiger partial charge in [0.1, 0.15) is 12.4 Å². The van der Waals surface area contributed by atoms with Gasteiger partial charge in [-0.25, -0.2) is 4.68 Å². The van der Waals surface area contributed by atoms with E-state index in [4.69, 9.17) is 4.74 Å². The Morgan fingerprint density at radius 2 is 2.10 bits per heavy atom. The normalized spacial score (nSPS) is 21.4. The topological polar surface area (TPSA) is 52.0 Å². The van der Waals surface area contributed by atoms with Crippen molar-refractivity contribution in [3.63, 3.8) is 0 Å². The first kappa shape index (κ1) is 13.1. The van der Waals surface area contributed by atoms with Crippen molar-refractivity contribution in [2.24, 2.45) is 0 Å². The van der Waals surface area contributed by atoms with Crippen LogP contribution in [0.25, 0.3) is 5.69 Å². The molecule has 1 N–H and O–H groups in total. The van der Waals surface area contributed by atoms with Crippen molar-refractivity contribution in [2.75, 3.05) is 6.54 Å². The number of nitrogens with zero attached hydrogens (tertiary/aromatic N) is 3. The van der Waals surface area contributed by atoms with Gasteiger partial charge in [-0.15, -0.1) is 5.10 Å². The van der Waals surface area contributed by atoms with E-state index in [0.29, 0.717) is 12.1 Å². The number of nitrogens with one attached hydrogen (secondary N) is 1. The van der Waals surface area contributed by atoms with Gasteiger partial charge in [0, 0.05) is 6.04 Å². The predicted octanol–water partition coefficient (Wildman–Crippen LogP) is 2.18. The predicted molar refractivity (Wildman–Crippen MR) is 77.1 cm³/mol. The van der Waals surface area contributed by atoms with Crippen molar-refractivity contribution in [3.8, 4) is 11.7 Å². The molecule has 2 aromatic rings. The highest BCUT2D eigenvalue weighted by Crippen LogP contribution is 2.24. The minimum Gasteiger partial charge on any atom is -0.459 e. The highest BCUT2D eigenvalue weighted by Gasteiger charge is 2.31. The van der Waals surface area contributed by atoms with Gasteiger partial charge in [-0.1, -0.05) is 25.1 Å². The maximum Gasteiger partial charge on any atom is 0.336 e. The number of aromatic nitrogens is 3. The fraction of sp³-hybridized carbons (Fsp3) is 0.467. The van der Waals surface area contributed by atoms with Crippen molar-refractivity contribution in [1.82, 2.24) is 20.1 Å². The molecule has 1 aromatic heterocycles. The van der Waals surface area contributed by atoms with Gasteiger partial charge in [-0.3, -0.25) is 0 Å². The Labute approximate surface area is 119 Å². The van der Waals surface area contributed by atoms with Gasteiger partial charge >= 0.3 is 6.01 Å². The Morgan fingerprint density at radius 3 is 2.85 bits per heavy atom. The number of benzene rings is 1. The summed E-state index contributed by atoms with van der Waals surface area (Å²) >= 11 is 0. The molecule has 0 aliphatic heterocycles. The molecule has 3 rings (SSSR count). The summed E-state index contributed by atoms with van der Waals surface area (Å²) in [5, 5.41) is 7.84. The number of hydrogen-bond donors (Lipinski definition) is 1. The summed E-state index contributed by atoms with van der Waals surface area (Å²) < 4.78 is 7.52. The summed E-state index contributed by atoms with van der Waals surface area (Å²) in [5.74, 6) is 0. The lowest BCUT2D eigenvalue weighted by Gasteiger charge is -2.34. The van der Waals surface area contributed by atoms with Gasteiger partial charge in [0.25, 0.3) is 0 Å². The largest absolute Gasteiger partial charge is 0.459 e. The van der Waals surface area contributed by atoms with Crippen molar-refractivity contribution in [2.45, 2.75) is 38.3 Å². The molecule has 1 fully saturated rings. The Balaban J connectivity index is 1.52. The molecule has 0 atom stereocenters. The standard InChI is InChI=1S/C15H20N4O/c1-2-8-16-12-9-14(10-12)20-15-17-11-19(18-15)13-6-4-3-5-7-13/h3-7,11-12,14,16H,2,8-10H2,1H3. The Hall–Kier alpha value is -1.88. The summed E-state index contributed by atoms with van der Waals surface area (Å²) in [7, 11) is 0. The molecule has 5 nitrogen and oxygen atoms in total. The first-order valence-electron chi connectivity index (χ1n) is 7.22. The number of para-hydroxylation sites is 1. The van der Waals surface area contributed by atoms with Crippen LogP contribution in [-0.2, 0) is 0 Å². The van der Waals surface area contributed by atoms with Crippen LogP contribution in [0.4, 0.5) is 0 Å². The third-order valence-corrected chi connectivity index (χ3v) is 3.54. The molecule has 5 heteroatoms. The van der Waals surface area contributed by atoms with Gasteiger partial charge in [-0.05, 0) is 37.9 Å². The van der Waals surface area contributed by atoms with E-state index in [0.717, 1.165) is 25.1 Å². The molecule has 0 radical (unpaired) electrons. The van der Waals surface area contributed by atoms with Crippen LogP contribution in [0.15, 0.2) is 36.7 Å². The average molecular weight is 272 g/mol. The number of ether oxygens (including phenoxy) is 1. The molecule has 1 aliphatic carbocycles. The molecule has 1 heterocycles. The van der Waals surface area contributed by atoms with Crippen LogP contribution in [-0.4, -0.2) is 33.5 Å². The van der Waals surface area contributed by atoms with Gasteiger partial charge in [0.05, 0.1) is 5.69 Å². The average Bonchev–Trinajstić information content (AvgIpc) is 2.91. The van der Waals surface area contributed by atoms with Crippen LogP contribution in [0.3, 0.4) is 0 Å². The lowest BCUT2D eigenvalue weighted by atomic mass is 9.89. The van der Waals surface area contributed by atoms with E-state index in [2.05, 4.69) is 22.3 Å². The molecule has 106 valence electrons. The van der Waals surface area contributed by atoms with E-state index in [1.54, 1.807) is 11.0 Å². The molecule has 0 bridgehead atoms. The molecule has 0 unspecified atom stereocenters. The highest BCUT2D eigenvalue weighted by atomic mass is 16.5. The number of hydrogen-bond acceptors (Lipinski definition) is 4. The fourth-order valence-electron chi connectivity index (χ4n) is 2.33. The first-order chi connectivity index (χ1) is 9.85. The second-order valence-corrected chi connectivity index (χ2v) is 5.17. The molecule has 0 saturated heterocycles. The van der Waals surface area contributed by atoms with Gasteiger partial charge < -0.3 is 10.1 Å². The molecule has 0 amide bonds. The van der Waals surface area contributed by atoms with Crippen LogP contribution < -0.4 is 10.1 Å². The van der Waals surface area contributed by atoms with Gasteiger partial charge in [0.2, 0.25) is 0 Å². The van der Waals surface area contributed by atoms with Crippen LogP contribution >= 0.6 is 0 Å². The minimum atomic E-state index is 0.246. The molecule has 20 heavy (non-hydrogen) atoms. The summed E-state index contributed by atoms with van der Waals surface area (Å²) in [4.78, 5) is 4.21. The van der Waals surface area contributed by atoms with Gasteiger partial charge in [-0.2, -0.15) is 4.98 Å². The summed E-state index contributed by atoms with van der Waals surface area (Å²) in [6, 6.07) is 11.0. The summed E-state index contributed by atoms with van der Waals surface area (Å²) in [6.07, 6.45) is 5.19. The zero-order valence-corrected chi connectivity index (χ0v) is 11.7. The monoisotopic (exact) mass is 272 g/mol. The second kappa shape index (κ2) is 6.05. The second-order valence-electron chi connectivity index (χ2n) is 5.17. The van der Waals surface area contributed by atoms with E-state index >= 15 is 0 Å². The Kier molecular flexibility index (Phi) is 3.97. The van der Waals surface area contributed by atoms with Crippen LogP contribution in [0, 0.1) is 0 Å². The molecule has 1 aliphatic rings. The highest BCUT2D eigenvalue weighted by molar-refractivity contribution is 5.29. The zero-order valence-electron chi connectivity index (χ0n) is 11.7. The van der Waals surface area contributed by atoms with Gasteiger partial charge in [0.15, 0.2) is 0 Å². The SMILES string of the molecule is CCCNC1CC(Oc2ncn(-c3ccccc3)n2)C1. The van der Waals surface area contributed by atoms with Crippen molar-refractivity contribution >= 4 is 0 Å². The fourth-order valence-corrected chi connectivity index (χ4v) is 2.33. The number of rotatable bonds is 6. The van der Waals surface area contributed by atoms with Crippen molar-refractivity contribution in [1.29, 1.82) is 0 Å². The van der Waals surface area contributed by atoms with Crippen molar-refractivity contribution < 1.29 is 4.74 Å².